The number of aromatic amines is 1. The average Bonchev–Trinajstić information content (AvgIpc) is 3.11. The molecule has 0 unspecified atom stereocenters. The standard InChI is InChI=1S/C16H25N5/c1-4-21-13(3)14(12(2)19-21)11-20-10-6-5-7-16(20)15-8-9-17-18-15/h8-9,16H,4-7,10-11H2,1-3H3,(H,17,18)/t16-/m1/s1. The van der Waals surface area contributed by atoms with Crippen molar-refractivity contribution >= 4 is 0 Å². The van der Waals surface area contributed by atoms with Crippen molar-refractivity contribution in [1.82, 2.24) is 24.9 Å². The van der Waals surface area contributed by atoms with Crippen LogP contribution < -0.4 is 0 Å². The second kappa shape index (κ2) is 6.02. The highest BCUT2D eigenvalue weighted by Gasteiger charge is 2.26. The number of nitrogens with one attached hydrogen (secondary N) is 1. The van der Waals surface area contributed by atoms with E-state index < -0.39 is 0 Å². The van der Waals surface area contributed by atoms with Crippen molar-refractivity contribution < 1.29 is 0 Å². The molecule has 1 aliphatic rings. The molecule has 1 aliphatic heterocycles. The zero-order valence-corrected chi connectivity index (χ0v) is 13.3. The molecule has 0 saturated carbocycles. The lowest BCUT2D eigenvalue weighted by Crippen LogP contribution is -2.33. The first-order valence-corrected chi connectivity index (χ1v) is 7.97. The minimum absolute atomic E-state index is 0.463. The second-order valence-corrected chi connectivity index (χ2v) is 5.96. The Bertz CT molecular complexity index is 584. The van der Waals surface area contributed by atoms with Gasteiger partial charge in [-0.15, -0.1) is 0 Å². The topological polar surface area (TPSA) is 49.7 Å². The lowest BCUT2D eigenvalue weighted by Gasteiger charge is -2.35. The van der Waals surface area contributed by atoms with E-state index in [4.69, 9.17) is 0 Å². The van der Waals surface area contributed by atoms with Gasteiger partial charge in [0.15, 0.2) is 0 Å². The summed E-state index contributed by atoms with van der Waals surface area (Å²) in [4.78, 5) is 2.58. The number of likely N-dealkylation sites (tertiary alicyclic amines) is 1. The van der Waals surface area contributed by atoms with Gasteiger partial charge < -0.3 is 0 Å². The Labute approximate surface area is 126 Å². The molecular weight excluding hydrogens is 262 g/mol. The monoisotopic (exact) mass is 287 g/mol. The molecule has 2 aromatic heterocycles. The number of piperidine rings is 1. The zero-order valence-electron chi connectivity index (χ0n) is 13.3. The van der Waals surface area contributed by atoms with E-state index in [1.165, 1.54) is 41.9 Å². The Morgan fingerprint density at radius 3 is 2.86 bits per heavy atom. The van der Waals surface area contributed by atoms with Crippen molar-refractivity contribution in [2.75, 3.05) is 6.54 Å². The summed E-state index contributed by atoms with van der Waals surface area (Å²) in [6, 6.07) is 2.57. The van der Waals surface area contributed by atoms with Gasteiger partial charge in [-0.25, -0.2) is 0 Å². The molecule has 1 N–H and O–H groups in total. The first-order chi connectivity index (χ1) is 10.2. The third kappa shape index (κ3) is 2.75. The molecule has 1 saturated heterocycles. The van der Waals surface area contributed by atoms with E-state index >= 15 is 0 Å². The average molecular weight is 287 g/mol. The van der Waals surface area contributed by atoms with E-state index in [0.717, 1.165) is 19.6 Å². The minimum Gasteiger partial charge on any atom is -0.290 e. The summed E-state index contributed by atoms with van der Waals surface area (Å²) in [6.07, 6.45) is 5.65. The molecule has 0 aliphatic carbocycles. The normalized spacial score (nSPS) is 20.0. The number of H-pyrrole nitrogens is 1. The molecule has 5 nitrogen and oxygen atoms in total. The summed E-state index contributed by atoms with van der Waals surface area (Å²) in [5.41, 5.74) is 5.11. The smallest absolute Gasteiger partial charge is 0.0641 e. The van der Waals surface area contributed by atoms with Crippen LogP contribution in [0.5, 0.6) is 0 Å². The van der Waals surface area contributed by atoms with E-state index in [2.05, 4.69) is 51.7 Å². The van der Waals surface area contributed by atoms with Crippen LogP contribution in [-0.2, 0) is 13.1 Å². The molecule has 3 heterocycles. The van der Waals surface area contributed by atoms with Crippen molar-refractivity contribution in [3.05, 3.63) is 34.9 Å². The molecule has 1 atom stereocenters. The van der Waals surface area contributed by atoms with Gasteiger partial charge in [0.1, 0.15) is 0 Å². The van der Waals surface area contributed by atoms with E-state index in [1.807, 2.05) is 6.20 Å². The SMILES string of the molecule is CCn1nc(C)c(CN2CCCC[C@@H]2c2ccn[nH]2)c1C. The summed E-state index contributed by atoms with van der Waals surface area (Å²) in [5.74, 6) is 0. The maximum Gasteiger partial charge on any atom is 0.0641 e. The zero-order chi connectivity index (χ0) is 14.8. The molecule has 3 rings (SSSR count). The summed E-state index contributed by atoms with van der Waals surface area (Å²) in [5, 5.41) is 11.9. The highest BCUT2D eigenvalue weighted by molar-refractivity contribution is 5.25. The van der Waals surface area contributed by atoms with Crippen molar-refractivity contribution in [2.45, 2.75) is 59.2 Å². The summed E-state index contributed by atoms with van der Waals surface area (Å²) < 4.78 is 2.11. The Hall–Kier alpha value is -1.62. The van der Waals surface area contributed by atoms with Crippen molar-refractivity contribution in [1.29, 1.82) is 0 Å². The molecule has 0 radical (unpaired) electrons. The Balaban J connectivity index is 1.83. The van der Waals surface area contributed by atoms with E-state index in [0.29, 0.717) is 6.04 Å². The predicted molar refractivity (Wildman–Crippen MR) is 83.0 cm³/mol. The number of rotatable bonds is 4. The van der Waals surface area contributed by atoms with Crippen LogP contribution in [0, 0.1) is 13.8 Å². The molecule has 5 heteroatoms. The van der Waals surface area contributed by atoms with Crippen molar-refractivity contribution in [3.63, 3.8) is 0 Å². The first-order valence-electron chi connectivity index (χ1n) is 7.97. The molecule has 21 heavy (non-hydrogen) atoms. The quantitative estimate of drug-likeness (QED) is 0.940. The number of nitrogens with zero attached hydrogens (tertiary/aromatic N) is 4. The van der Waals surface area contributed by atoms with Gasteiger partial charge in [0.05, 0.1) is 17.4 Å². The molecule has 0 spiro atoms. The number of aromatic nitrogens is 4. The van der Waals surface area contributed by atoms with E-state index in [-0.39, 0.29) is 0 Å². The van der Waals surface area contributed by atoms with Crippen LogP contribution in [0.25, 0.3) is 0 Å². The van der Waals surface area contributed by atoms with Crippen LogP contribution in [-0.4, -0.2) is 31.4 Å². The van der Waals surface area contributed by atoms with Gasteiger partial charge in [-0.05, 0) is 46.2 Å². The second-order valence-electron chi connectivity index (χ2n) is 5.96. The fourth-order valence-corrected chi connectivity index (χ4v) is 3.46. The van der Waals surface area contributed by atoms with Crippen LogP contribution >= 0.6 is 0 Å². The van der Waals surface area contributed by atoms with Gasteiger partial charge >= 0.3 is 0 Å². The fourth-order valence-electron chi connectivity index (χ4n) is 3.46. The fraction of sp³-hybridized carbons (Fsp3) is 0.625. The van der Waals surface area contributed by atoms with Crippen LogP contribution in [0.3, 0.4) is 0 Å². The van der Waals surface area contributed by atoms with E-state index in [1.54, 1.807) is 0 Å². The Kier molecular flexibility index (Phi) is 4.10. The van der Waals surface area contributed by atoms with E-state index in [9.17, 15) is 0 Å². The number of aryl methyl sites for hydroxylation is 2. The maximum absolute atomic E-state index is 4.65. The molecule has 0 bridgehead atoms. The van der Waals surface area contributed by atoms with Gasteiger partial charge in [0.2, 0.25) is 0 Å². The molecule has 114 valence electrons. The Morgan fingerprint density at radius 1 is 1.33 bits per heavy atom. The molecule has 0 aromatic carbocycles. The third-order valence-electron chi connectivity index (χ3n) is 4.69. The highest BCUT2D eigenvalue weighted by Crippen LogP contribution is 2.31. The van der Waals surface area contributed by atoms with Crippen LogP contribution in [0.15, 0.2) is 12.3 Å². The van der Waals surface area contributed by atoms with Crippen LogP contribution in [0.4, 0.5) is 0 Å². The molecule has 0 amide bonds. The summed E-state index contributed by atoms with van der Waals surface area (Å²) in [7, 11) is 0. The first kappa shape index (κ1) is 14.3. The van der Waals surface area contributed by atoms with Gasteiger partial charge in [-0.1, -0.05) is 6.42 Å². The maximum atomic E-state index is 4.65. The summed E-state index contributed by atoms with van der Waals surface area (Å²) in [6.45, 7) is 9.55. The van der Waals surface area contributed by atoms with Crippen molar-refractivity contribution in [2.24, 2.45) is 0 Å². The number of hydrogen-bond acceptors (Lipinski definition) is 3. The van der Waals surface area contributed by atoms with Gasteiger partial charge in [-0.2, -0.15) is 10.2 Å². The molecule has 1 fully saturated rings. The van der Waals surface area contributed by atoms with Crippen LogP contribution in [0.2, 0.25) is 0 Å². The lowest BCUT2D eigenvalue weighted by molar-refractivity contribution is 0.136. The van der Waals surface area contributed by atoms with Gasteiger partial charge in [0.25, 0.3) is 0 Å². The Morgan fingerprint density at radius 2 is 2.19 bits per heavy atom. The lowest BCUT2D eigenvalue weighted by atomic mass is 9.98. The van der Waals surface area contributed by atoms with Crippen LogP contribution in [0.1, 0.15) is 54.9 Å². The molecule has 2 aromatic rings. The van der Waals surface area contributed by atoms with Gasteiger partial charge in [-0.3, -0.25) is 14.7 Å². The van der Waals surface area contributed by atoms with Crippen molar-refractivity contribution in [3.8, 4) is 0 Å². The summed E-state index contributed by atoms with van der Waals surface area (Å²) >= 11 is 0. The molecular formula is C16H25N5. The largest absolute Gasteiger partial charge is 0.290 e. The number of hydrogen-bond donors (Lipinski definition) is 1. The van der Waals surface area contributed by atoms with Gasteiger partial charge in [0, 0.05) is 30.5 Å². The third-order valence-corrected chi connectivity index (χ3v) is 4.69. The minimum atomic E-state index is 0.463. The predicted octanol–water partition coefficient (Wildman–Crippen LogP) is 2.97. The highest BCUT2D eigenvalue weighted by atomic mass is 15.3.